The SMILES string of the molecule is Cl.N[C@@H]1CCN(C(=O)CC(c2ccccc2)c2ccccc2)C1. The van der Waals surface area contributed by atoms with Crippen LogP contribution >= 0.6 is 12.4 Å². The quantitative estimate of drug-likeness (QED) is 0.935. The molecule has 0 bridgehead atoms. The van der Waals surface area contributed by atoms with Gasteiger partial charge in [0, 0.05) is 31.5 Å². The Hall–Kier alpha value is -1.84. The van der Waals surface area contributed by atoms with Gasteiger partial charge in [-0.05, 0) is 17.5 Å². The first-order valence-corrected chi connectivity index (χ1v) is 7.87. The Bertz CT molecular complexity index is 578. The smallest absolute Gasteiger partial charge is 0.223 e. The van der Waals surface area contributed by atoms with Gasteiger partial charge >= 0.3 is 0 Å². The lowest BCUT2D eigenvalue weighted by Crippen LogP contribution is -2.32. The van der Waals surface area contributed by atoms with Crippen molar-refractivity contribution in [2.45, 2.75) is 24.8 Å². The van der Waals surface area contributed by atoms with Crippen LogP contribution in [0.4, 0.5) is 0 Å². The minimum absolute atomic E-state index is 0. The fourth-order valence-corrected chi connectivity index (χ4v) is 3.12. The molecule has 1 heterocycles. The summed E-state index contributed by atoms with van der Waals surface area (Å²) in [5.74, 6) is 0.303. The van der Waals surface area contributed by atoms with Gasteiger partial charge in [0.1, 0.15) is 0 Å². The molecule has 4 heteroatoms. The van der Waals surface area contributed by atoms with Crippen LogP contribution in [0.5, 0.6) is 0 Å². The molecule has 1 amide bonds. The molecule has 122 valence electrons. The number of hydrogen-bond acceptors (Lipinski definition) is 2. The zero-order valence-electron chi connectivity index (χ0n) is 13.1. The van der Waals surface area contributed by atoms with Crippen molar-refractivity contribution in [3.05, 3.63) is 71.8 Å². The standard InChI is InChI=1S/C19H22N2O.ClH/c20-17-11-12-21(14-17)19(22)13-18(15-7-3-1-4-8-15)16-9-5-2-6-10-16;/h1-10,17-18H,11-14,20H2;1H/t17-;/m1./s1. The van der Waals surface area contributed by atoms with E-state index < -0.39 is 0 Å². The van der Waals surface area contributed by atoms with Gasteiger partial charge in [-0.1, -0.05) is 60.7 Å². The van der Waals surface area contributed by atoms with Gasteiger partial charge in [-0.15, -0.1) is 12.4 Å². The molecule has 0 aromatic heterocycles. The molecular formula is C19H23ClN2O. The number of halogens is 1. The highest BCUT2D eigenvalue weighted by molar-refractivity contribution is 5.85. The third-order valence-electron chi connectivity index (χ3n) is 4.36. The van der Waals surface area contributed by atoms with Crippen LogP contribution < -0.4 is 5.73 Å². The molecule has 3 rings (SSSR count). The zero-order chi connectivity index (χ0) is 15.4. The van der Waals surface area contributed by atoms with Crippen molar-refractivity contribution in [2.24, 2.45) is 5.73 Å². The summed E-state index contributed by atoms with van der Waals surface area (Å²) in [6.07, 6.45) is 1.41. The monoisotopic (exact) mass is 330 g/mol. The van der Waals surface area contributed by atoms with E-state index in [1.54, 1.807) is 0 Å². The molecule has 2 aromatic rings. The number of benzene rings is 2. The fourth-order valence-electron chi connectivity index (χ4n) is 3.12. The number of amides is 1. The van der Waals surface area contributed by atoms with Crippen LogP contribution in [0.2, 0.25) is 0 Å². The van der Waals surface area contributed by atoms with E-state index in [4.69, 9.17) is 5.73 Å². The van der Waals surface area contributed by atoms with Crippen LogP contribution in [-0.2, 0) is 4.79 Å². The topological polar surface area (TPSA) is 46.3 Å². The van der Waals surface area contributed by atoms with Crippen LogP contribution in [0.3, 0.4) is 0 Å². The molecular weight excluding hydrogens is 308 g/mol. The van der Waals surface area contributed by atoms with Crippen molar-refractivity contribution in [3.8, 4) is 0 Å². The van der Waals surface area contributed by atoms with E-state index in [1.807, 2.05) is 41.3 Å². The summed E-state index contributed by atoms with van der Waals surface area (Å²) in [4.78, 5) is 14.5. The highest BCUT2D eigenvalue weighted by Crippen LogP contribution is 2.29. The van der Waals surface area contributed by atoms with Gasteiger partial charge < -0.3 is 10.6 Å². The van der Waals surface area contributed by atoms with Gasteiger partial charge in [0.2, 0.25) is 5.91 Å². The predicted molar refractivity (Wildman–Crippen MR) is 95.8 cm³/mol. The van der Waals surface area contributed by atoms with E-state index in [1.165, 1.54) is 11.1 Å². The molecule has 0 saturated carbocycles. The molecule has 0 aliphatic carbocycles. The summed E-state index contributed by atoms with van der Waals surface area (Å²) in [6, 6.07) is 20.7. The second kappa shape index (κ2) is 8.14. The molecule has 3 nitrogen and oxygen atoms in total. The minimum Gasteiger partial charge on any atom is -0.341 e. The maximum Gasteiger partial charge on any atom is 0.223 e. The number of rotatable bonds is 4. The average molecular weight is 331 g/mol. The van der Waals surface area contributed by atoms with Crippen LogP contribution in [0.25, 0.3) is 0 Å². The highest BCUT2D eigenvalue weighted by atomic mass is 35.5. The number of nitrogens with zero attached hydrogens (tertiary/aromatic N) is 1. The van der Waals surface area contributed by atoms with Crippen LogP contribution in [0.1, 0.15) is 29.9 Å². The molecule has 0 spiro atoms. The normalized spacial score (nSPS) is 17.1. The van der Waals surface area contributed by atoms with Crippen molar-refractivity contribution in [1.82, 2.24) is 4.90 Å². The molecule has 0 unspecified atom stereocenters. The lowest BCUT2D eigenvalue weighted by Gasteiger charge is -2.22. The lowest BCUT2D eigenvalue weighted by molar-refractivity contribution is -0.130. The Morgan fingerprint density at radius 1 is 1.04 bits per heavy atom. The van der Waals surface area contributed by atoms with Crippen molar-refractivity contribution in [2.75, 3.05) is 13.1 Å². The summed E-state index contributed by atoms with van der Waals surface area (Å²) in [7, 11) is 0. The summed E-state index contributed by atoms with van der Waals surface area (Å²) in [6.45, 7) is 1.48. The summed E-state index contributed by atoms with van der Waals surface area (Å²) in [5.41, 5.74) is 8.29. The van der Waals surface area contributed by atoms with Crippen molar-refractivity contribution < 1.29 is 4.79 Å². The summed E-state index contributed by atoms with van der Waals surface area (Å²) in [5, 5.41) is 0. The Kier molecular flexibility index (Phi) is 6.20. The minimum atomic E-state index is 0. The predicted octanol–water partition coefficient (Wildman–Crippen LogP) is 3.19. The Balaban J connectivity index is 0.00000192. The molecule has 1 aliphatic heterocycles. The largest absolute Gasteiger partial charge is 0.341 e. The molecule has 2 N–H and O–H groups in total. The fraction of sp³-hybridized carbons (Fsp3) is 0.316. The third kappa shape index (κ3) is 4.34. The molecule has 1 aliphatic rings. The van der Waals surface area contributed by atoms with E-state index in [-0.39, 0.29) is 30.3 Å². The average Bonchev–Trinajstić information content (AvgIpc) is 3.01. The van der Waals surface area contributed by atoms with E-state index in [0.29, 0.717) is 13.0 Å². The lowest BCUT2D eigenvalue weighted by atomic mass is 9.88. The Morgan fingerprint density at radius 2 is 1.57 bits per heavy atom. The molecule has 1 fully saturated rings. The van der Waals surface area contributed by atoms with Crippen molar-refractivity contribution in [1.29, 1.82) is 0 Å². The number of carbonyl (C=O) groups excluding carboxylic acids is 1. The van der Waals surface area contributed by atoms with E-state index >= 15 is 0 Å². The molecule has 1 atom stereocenters. The maximum atomic E-state index is 12.6. The number of hydrogen-bond donors (Lipinski definition) is 1. The number of carbonyl (C=O) groups is 1. The number of likely N-dealkylation sites (tertiary alicyclic amines) is 1. The first-order valence-electron chi connectivity index (χ1n) is 7.87. The zero-order valence-corrected chi connectivity index (χ0v) is 13.9. The third-order valence-corrected chi connectivity index (χ3v) is 4.36. The second-order valence-electron chi connectivity index (χ2n) is 5.97. The van der Waals surface area contributed by atoms with Gasteiger partial charge in [0.15, 0.2) is 0 Å². The van der Waals surface area contributed by atoms with E-state index in [2.05, 4.69) is 24.3 Å². The summed E-state index contributed by atoms with van der Waals surface area (Å²) >= 11 is 0. The Morgan fingerprint density at radius 3 is 2.00 bits per heavy atom. The molecule has 0 radical (unpaired) electrons. The van der Waals surface area contributed by atoms with Gasteiger partial charge in [-0.25, -0.2) is 0 Å². The number of nitrogens with two attached hydrogens (primary N) is 1. The van der Waals surface area contributed by atoms with Crippen LogP contribution in [-0.4, -0.2) is 29.9 Å². The Labute approximate surface area is 143 Å². The summed E-state index contributed by atoms with van der Waals surface area (Å²) < 4.78 is 0. The first kappa shape index (κ1) is 17.5. The van der Waals surface area contributed by atoms with Crippen molar-refractivity contribution >= 4 is 18.3 Å². The van der Waals surface area contributed by atoms with Crippen LogP contribution in [0, 0.1) is 0 Å². The maximum absolute atomic E-state index is 12.6. The van der Waals surface area contributed by atoms with Crippen molar-refractivity contribution in [3.63, 3.8) is 0 Å². The first-order chi connectivity index (χ1) is 10.7. The van der Waals surface area contributed by atoms with Gasteiger partial charge in [-0.3, -0.25) is 4.79 Å². The van der Waals surface area contributed by atoms with Gasteiger partial charge in [-0.2, -0.15) is 0 Å². The molecule has 2 aromatic carbocycles. The molecule has 23 heavy (non-hydrogen) atoms. The second-order valence-corrected chi connectivity index (χ2v) is 5.97. The van der Waals surface area contributed by atoms with E-state index in [0.717, 1.165) is 13.0 Å². The van der Waals surface area contributed by atoms with E-state index in [9.17, 15) is 4.79 Å². The van der Waals surface area contributed by atoms with Gasteiger partial charge in [0.05, 0.1) is 0 Å². The van der Waals surface area contributed by atoms with Crippen LogP contribution in [0.15, 0.2) is 60.7 Å². The van der Waals surface area contributed by atoms with Gasteiger partial charge in [0.25, 0.3) is 0 Å². The highest BCUT2D eigenvalue weighted by Gasteiger charge is 2.26. The molecule has 1 saturated heterocycles.